The van der Waals surface area contributed by atoms with E-state index in [1.165, 1.54) is 12.3 Å². The molecule has 0 amide bonds. The lowest BCUT2D eigenvalue weighted by molar-refractivity contribution is -0.137. The highest BCUT2D eigenvalue weighted by atomic mass is 19.4. The molecule has 1 aromatic carbocycles. The summed E-state index contributed by atoms with van der Waals surface area (Å²) in [6, 6.07) is 5.22. The van der Waals surface area contributed by atoms with Gasteiger partial charge in [-0.15, -0.1) is 0 Å². The SMILES string of the molecule is OCCN1CCCC(c2nccnc2-c2cccc(C(F)(F)F)c2)C1. The number of hydrogen-bond acceptors (Lipinski definition) is 4. The van der Waals surface area contributed by atoms with Crippen molar-refractivity contribution in [3.8, 4) is 11.3 Å². The van der Waals surface area contributed by atoms with Gasteiger partial charge >= 0.3 is 6.18 Å². The van der Waals surface area contributed by atoms with Gasteiger partial charge in [0.15, 0.2) is 0 Å². The van der Waals surface area contributed by atoms with E-state index >= 15 is 0 Å². The Hall–Kier alpha value is -1.99. The molecule has 4 nitrogen and oxygen atoms in total. The van der Waals surface area contributed by atoms with Crippen LogP contribution in [0, 0.1) is 0 Å². The van der Waals surface area contributed by atoms with Gasteiger partial charge in [-0.3, -0.25) is 9.97 Å². The number of aliphatic hydroxyl groups is 1. The maximum absolute atomic E-state index is 13.0. The van der Waals surface area contributed by atoms with E-state index in [2.05, 4.69) is 14.9 Å². The minimum absolute atomic E-state index is 0.0909. The zero-order chi connectivity index (χ0) is 17.9. The van der Waals surface area contributed by atoms with Crippen molar-refractivity contribution in [2.45, 2.75) is 24.9 Å². The van der Waals surface area contributed by atoms with Crippen LogP contribution in [0.2, 0.25) is 0 Å². The highest BCUT2D eigenvalue weighted by Gasteiger charge is 2.31. The van der Waals surface area contributed by atoms with Crippen LogP contribution in [0.3, 0.4) is 0 Å². The Labute approximate surface area is 144 Å². The third-order valence-electron chi connectivity index (χ3n) is 4.50. The number of β-amino-alcohol motifs (C(OH)–C–C–N with tert-alkyl or cyclic N) is 1. The van der Waals surface area contributed by atoms with Crippen molar-refractivity contribution in [3.63, 3.8) is 0 Å². The molecular formula is C18H20F3N3O. The number of likely N-dealkylation sites (tertiary alicyclic amines) is 1. The number of alkyl halides is 3. The van der Waals surface area contributed by atoms with Gasteiger partial charge < -0.3 is 10.0 Å². The molecule has 1 fully saturated rings. The minimum atomic E-state index is -4.39. The number of piperidine rings is 1. The van der Waals surface area contributed by atoms with Crippen LogP contribution in [-0.2, 0) is 6.18 Å². The highest BCUT2D eigenvalue weighted by Crippen LogP contribution is 2.35. The molecule has 1 N–H and O–H groups in total. The van der Waals surface area contributed by atoms with Crippen molar-refractivity contribution in [3.05, 3.63) is 47.9 Å². The maximum atomic E-state index is 13.0. The van der Waals surface area contributed by atoms with Crippen molar-refractivity contribution < 1.29 is 18.3 Å². The van der Waals surface area contributed by atoms with Crippen LogP contribution in [0.15, 0.2) is 36.7 Å². The fraction of sp³-hybridized carbons (Fsp3) is 0.444. The molecule has 1 unspecified atom stereocenters. The van der Waals surface area contributed by atoms with Crippen LogP contribution in [0.4, 0.5) is 13.2 Å². The third-order valence-corrected chi connectivity index (χ3v) is 4.50. The van der Waals surface area contributed by atoms with Crippen molar-refractivity contribution >= 4 is 0 Å². The van der Waals surface area contributed by atoms with Crippen LogP contribution in [-0.4, -0.2) is 46.2 Å². The van der Waals surface area contributed by atoms with Crippen LogP contribution >= 0.6 is 0 Å². The molecule has 1 atom stereocenters. The van der Waals surface area contributed by atoms with Crippen LogP contribution < -0.4 is 0 Å². The summed E-state index contributed by atoms with van der Waals surface area (Å²) in [5, 5.41) is 9.14. The number of halogens is 3. The van der Waals surface area contributed by atoms with Crippen LogP contribution in [0.1, 0.15) is 30.0 Å². The smallest absolute Gasteiger partial charge is 0.395 e. The van der Waals surface area contributed by atoms with Crippen LogP contribution in [0.25, 0.3) is 11.3 Å². The summed E-state index contributed by atoms with van der Waals surface area (Å²) in [6.07, 6.45) is 0.571. The molecule has 1 aliphatic rings. The van der Waals surface area contributed by atoms with E-state index in [1.807, 2.05) is 0 Å². The lowest BCUT2D eigenvalue weighted by Crippen LogP contribution is -2.36. The number of benzene rings is 1. The summed E-state index contributed by atoms with van der Waals surface area (Å²) in [4.78, 5) is 10.9. The normalized spacial score (nSPS) is 19.1. The van der Waals surface area contributed by atoms with Crippen molar-refractivity contribution in [2.75, 3.05) is 26.2 Å². The number of aromatic nitrogens is 2. The van der Waals surface area contributed by atoms with Gasteiger partial charge in [0.1, 0.15) is 0 Å². The molecule has 134 valence electrons. The summed E-state index contributed by atoms with van der Waals surface area (Å²) >= 11 is 0. The molecule has 7 heteroatoms. The van der Waals surface area contributed by atoms with Crippen molar-refractivity contribution in [1.82, 2.24) is 14.9 Å². The van der Waals surface area contributed by atoms with E-state index in [9.17, 15) is 13.2 Å². The molecule has 3 rings (SSSR count). The summed E-state index contributed by atoms with van der Waals surface area (Å²) in [5.41, 5.74) is 0.971. The largest absolute Gasteiger partial charge is 0.416 e. The highest BCUT2D eigenvalue weighted by molar-refractivity contribution is 5.63. The topological polar surface area (TPSA) is 49.2 Å². The Morgan fingerprint density at radius 2 is 2.00 bits per heavy atom. The van der Waals surface area contributed by atoms with Gasteiger partial charge in [-0.25, -0.2) is 0 Å². The molecular weight excluding hydrogens is 331 g/mol. The number of nitrogens with zero attached hydrogens (tertiary/aromatic N) is 3. The number of rotatable bonds is 4. The first-order valence-corrected chi connectivity index (χ1v) is 8.31. The van der Waals surface area contributed by atoms with Gasteiger partial charge in [0.25, 0.3) is 0 Å². The van der Waals surface area contributed by atoms with E-state index in [1.54, 1.807) is 12.3 Å². The monoisotopic (exact) mass is 351 g/mol. The molecule has 2 heterocycles. The minimum Gasteiger partial charge on any atom is -0.395 e. The Balaban J connectivity index is 1.94. The van der Waals surface area contributed by atoms with Crippen molar-refractivity contribution in [2.24, 2.45) is 0 Å². The molecule has 1 aliphatic heterocycles. The second kappa shape index (κ2) is 7.49. The summed E-state index contributed by atoms with van der Waals surface area (Å²) in [6.45, 7) is 2.32. The first kappa shape index (κ1) is 17.8. The first-order valence-electron chi connectivity index (χ1n) is 8.31. The molecule has 0 bridgehead atoms. The predicted octanol–water partition coefficient (Wildman–Crippen LogP) is 3.33. The van der Waals surface area contributed by atoms with Gasteiger partial charge in [-0.2, -0.15) is 13.2 Å². The van der Waals surface area contributed by atoms with E-state index in [4.69, 9.17) is 5.11 Å². The van der Waals surface area contributed by atoms with Gasteiger partial charge in [-0.05, 0) is 31.5 Å². The maximum Gasteiger partial charge on any atom is 0.416 e. The zero-order valence-corrected chi connectivity index (χ0v) is 13.7. The Morgan fingerprint density at radius 1 is 1.20 bits per heavy atom. The Bertz CT molecular complexity index is 719. The second-order valence-corrected chi connectivity index (χ2v) is 6.23. The fourth-order valence-corrected chi connectivity index (χ4v) is 3.34. The second-order valence-electron chi connectivity index (χ2n) is 6.23. The van der Waals surface area contributed by atoms with Crippen LogP contribution in [0.5, 0.6) is 0 Å². The third kappa shape index (κ3) is 4.16. The molecule has 1 saturated heterocycles. The van der Waals surface area contributed by atoms with Gasteiger partial charge in [0.05, 0.1) is 23.6 Å². The van der Waals surface area contributed by atoms with E-state index in [-0.39, 0.29) is 12.5 Å². The molecule has 0 spiro atoms. The molecule has 1 aromatic heterocycles. The quantitative estimate of drug-likeness (QED) is 0.918. The molecule has 25 heavy (non-hydrogen) atoms. The van der Waals surface area contributed by atoms with E-state index in [0.717, 1.165) is 43.8 Å². The summed E-state index contributed by atoms with van der Waals surface area (Å²) in [7, 11) is 0. The van der Waals surface area contributed by atoms with E-state index < -0.39 is 11.7 Å². The summed E-state index contributed by atoms with van der Waals surface area (Å²) in [5.74, 6) is 0.0959. The van der Waals surface area contributed by atoms with Gasteiger partial charge in [-0.1, -0.05) is 12.1 Å². The van der Waals surface area contributed by atoms with Gasteiger partial charge in [0, 0.05) is 37.0 Å². The first-order chi connectivity index (χ1) is 12.0. The number of aliphatic hydroxyl groups excluding tert-OH is 1. The molecule has 0 radical (unpaired) electrons. The fourth-order valence-electron chi connectivity index (χ4n) is 3.34. The average molecular weight is 351 g/mol. The summed E-state index contributed by atoms with van der Waals surface area (Å²) < 4.78 is 39.0. The van der Waals surface area contributed by atoms with Crippen molar-refractivity contribution in [1.29, 1.82) is 0 Å². The Kier molecular flexibility index (Phi) is 5.34. The molecule has 2 aromatic rings. The molecule has 0 aliphatic carbocycles. The lowest BCUT2D eigenvalue weighted by atomic mass is 9.91. The Morgan fingerprint density at radius 3 is 2.76 bits per heavy atom. The van der Waals surface area contributed by atoms with Gasteiger partial charge in [0.2, 0.25) is 0 Å². The van der Waals surface area contributed by atoms with E-state index in [0.29, 0.717) is 17.8 Å². The average Bonchev–Trinajstić information content (AvgIpc) is 2.62. The standard InChI is InChI=1S/C18H20F3N3O/c19-18(20,21)15-5-1-3-13(11-15)16-17(23-7-6-22-16)14-4-2-8-24(12-14)9-10-25/h1,3,5-7,11,14,25H,2,4,8-10,12H2. The number of hydrogen-bond donors (Lipinski definition) is 1. The zero-order valence-electron chi connectivity index (χ0n) is 13.7. The lowest BCUT2D eigenvalue weighted by Gasteiger charge is -2.32. The molecule has 0 saturated carbocycles. The predicted molar refractivity (Wildman–Crippen MR) is 88.0 cm³/mol.